The second kappa shape index (κ2) is 5.28. The Hall–Kier alpha value is -0.640. The van der Waals surface area contributed by atoms with Gasteiger partial charge in [0.2, 0.25) is 0 Å². The lowest BCUT2D eigenvalue weighted by Gasteiger charge is -2.46. The highest BCUT2D eigenvalue weighted by Crippen LogP contribution is 2.36. The summed E-state index contributed by atoms with van der Waals surface area (Å²) >= 11 is 5.75. The second-order valence-corrected chi connectivity index (χ2v) is 7.17. The van der Waals surface area contributed by atoms with Gasteiger partial charge >= 0.3 is 0 Å². The predicted molar refractivity (Wildman–Crippen MR) is 80.4 cm³/mol. The summed E-state index contributed by atoms with van der Waals surface area (Å²) in [4.78, 5) is 2.47. The van der Waals surface area contributed by atoms with Crippen LogP contribution in [0.25, 0.3) is 0 Å². The van der Waals surface area contributed by atoms with Crippen LogP contribution in [0.1, 0.15) is 32.3 Å². The van der Waals surface area contributed by atoms with Gasteiger partial charge in [-0.15, -0.1) is 0 Å². The van der Waals surface area contributed by atoms with E-state index in [0.29, 0.717) is 6.04 Å². The van der Waals surface area contributed by atoms with Gasteiger partial charge in [0.1, 0.15) is 5.82 Å². The van der Waals surface area contributed by atoms with Crippen LogP contribution in [-0.2, 0) is 6.54 Å². The van der Waals surface area contributed by atoms with Crippen molar-refractivity contribution < 1.29 is 4.39 Å². The third kappa shape index (κ3) is 3.00. The highest BCUT2D eigenvalue weighted by Gasteiger charge is 2.40. The molecule has 1 saturated carbocycles. The van der Waals surface area contributed by atoms with E-state index in [1.54, 1.807) is 12.1 Å². The first-order valence-corrected chi connectivity index (χ1v) is 7.76. The molecular formula is C16H22ClFN2. The molecule has 1 aliphatic heterocycles. The van der Waals surface area contributed by atoms with Gasteiger partial charge in [0, 0.05) is 31.2 Å². The number of benzene rings is 1. The first-order chi connectivity index (χ1) is 9.45. The van der Waals surface area contributed by atoms with Crippen molar-refractivity contribution in [2.24, 2.45) is 5.92 Å². The van der Waals surface area contributed by atoms with Gasteiger partial charge < -0.3 is 5.32 Å². The van der Waals surface area contributed by atoms with E-state index in [2.05, 4.69) is 24.1 Å². The van der Waals surface area contributed by atoms with Gasteiger partial charge in [0.25, 0.3) is 0 Å². The molecule has 0 radical (unpaired) electrons. The van der Waals surface area contributed by atoms with Crippen molar-refractivity contribution in [2.75, 3.05) is 13.1 Å². The molecule has 1 aliphatic carbocycles. The van der Waals surface area contributed by atoms with E-state index >= 15 is 0 Å². The normalized spacial score (nSPS) is 26.7. The fourth-order valence-electron chi connectivity index (χ4n) is 2.99. The summed E-state index contributed by atoms with van der Waals surface area (Å²) < 4.78 is 13.6. The highest BCUT2D eigenvalue weighted by molar-refractivity contribution is 6.30. The van der Waals surface area contributed by atoms with Crippen LogP contribution in [0.15, 0.2) is 18.2 Å². The van der Waals surface area contributed by atoms with Crippen LogP contribution in [0.3, 0.4) is 0 Å². The predicted octanol–water partition coefficient (Wildman–Crippen LogP) is 3.44. The van der Waals surface area contributed by atoms with E-state index in [1.807, 2.05) is 6.07 Å². The molecule has 4 heteroatoms. The average molecular weight is 297 g/mol. The minimum Gasteiger partial charge on any atom is -0.311 e. The SMILES string of the molecule is CC1(C)CNC(C2CC2)CN1Cc1ccc(Cl)c(F)c1. The van der Waals surface area contributed by atoms with E-state index < -0.39 is 0 Å². The second-order valence-electron chi connectivity index (χ2n) is 6.77. The maximum absolute atomic E-state index is 13.6. The third-order valence-corrected chi connectivity index (χ3v) is 4.93. The quantitative estimate of drug-likeness (QED) is 0.919. The molecule has 1 heterocycles. The standard InChI is InChI=1S/C16H22ClFN2/c1-16(2)10-19-15(12-4-5-12)9-20(16)8-11-3-6-13(17)14(18)7-11/h3,6-7,12,15,19H,4-5,8-10H2,1-2H3. The van der Waals surface area contributed by atoms with Gasteiger partial charge in [0.05, 0.1) is 5.02 Å². The van der Waals surface area contributed by atoms with Crippen LogP contribution >= 0.6 is 11.6 Å². The summed E-state index contributed by atoms with van der Waals surface area (Å²) in [5.41, 5.74) is 1.10. The fourth-order valence-corrected chi connectivity index (χ4v) is 3.11. The van der Waals surface area contributed by atoms with Crippen molar-refractivity contribution in [1.29, 1.82) is 0 Å². The fraction of sp³-hybridized carbons (Fsp3) is 0.625. The summed E-state index contributed by atoms with van der Waals surface area (Å²) in [5.74, 6) is 0.520. The van der Waals surface area contributed by atoms with Gasteiger partial charge in [-0.3, -0.25) is 4.90 Å². The van der Waals surface area contributed by atoms with Gasteiger partial charge in [-0.2, -0.15) is 0 Å². The molecule has 0 aromatic heterocycles. The molecule has 1 atom stereocenters. The van der Waals surface area contributed by atoms with Gasteiger partial charge in [-0.25, -0.2) is 4.39 Å². The first-order valence-electron chi connectivity index (χ1n) is 7.38. The molecule has 1 aromatic rings. The molecule has 2 fully saturated rings. The third-order valence-electron chi connectivity index (χ3n) is 4.62. The van der Waals surface area contributed by atoms with Gasteiger partial charge in [-0.1, -0.05) is 17.7 Å². The van der Waals surface area contributed by atoms with E-state index in [9.17, 15) is 4.39 Å². The largest absolute Gasteiger partial charge is 0.311 e. The Bertz CT molecular complexity index is 499. The van der Waals surface area contributed by atoms with Gasteiger partial charge in [0.15, 0.2) is 0 Å². The lowest BCUT2D eigenvalue weighted by atomic mass is 9.95. The minimum absolute atomic E-state index is 0.0987. The topological polar surface area (TPSA) is 15.3 Å². The molecule has 20 heavy (non-hydrogen) atoms. The number of piperazine rings is 1. The summed E-state index contributed by atoms with van der Waals surface area (Å²) in [6.07, 6.45) is 2.70. The molecule has 0 bridgehead atoms. The smallest absolute Gasteiger partial charge is 0.142 e. The van der Waals surface area contributed by atoms with Crippen molar-refractivity contribution in [3.8, 4) is 0 Å². The molecule has 0 spiro atoms. The van der Waals surface area contributed by atoms with E-state index in [-0.39, 0.29) is 16.4 Å². The summed E-state index contributed by atoms with van der Waals surface area (Å²) in [7, 11) is 0. The lowest BCUT2D eigenvalue weighted by Crippen LogP contribution is -2.62. The zero-order chi connectivity index (χ0) is 14.3. The Labute approximate surface area is 125 Å². The molecule has 3 rings (SSSR count). The van der Waals surface area contributed by atoms with Crippen LogP contribution in [0.2, 0.25) is 5.02 Å². The van der Waals surface area contributed by atoms with Crippen LogP contribution in [-0.4, -0.2) is 29.6 Å². The summed E-state index contributed by atoms with van der Waals surface area (Å²) in [5, 5.41) is 3.87. The molecule has 110 valence electrons. The molecule has 2 nitrogen and oxygen atoms in total. The number of nitrogens with zero attached hydrogens (tertiary/aromatic N) is 1. The highest BCUT2D eigenvalue weighted by atomic mass is 35.5. The molecule has 1 N–H and O–H groups in total. The molecule has 2 aliphatic rings. The van der Waals surface area contributed by atoms with Crippen molar-refractivity contribution >= 4 is 11.6 Å². The Morgan fingerprint density at radius 3 is 2.80 bits per heavy atom. The number of hydrogen-bond acceptors (Lipinski definition) is 2. The molecule has 1 unspecified atom stereocenters. The van der Waals surface area contributed by atoms with Gasteiger partial charge in [-0.05, 0) is 50.3 Å². The number of nitrogens with one attached hydrogen (secondary N) is 1. The van der Waals surface area contributed by atoms with Crippen LogP contribution in [0.5, 0.6) is 0 Å². The van der Waals surface area contributed by atoms with Crippen LogP contribution in [0.4, 0.5) is 4.39 Å². The van der Waals surface area contributed by atoms with Crippen molar-refractivity contribution in [2.45, 2.75) is 44.8 Å². The summed E-state index contributed by atoms with van der Waals surface area (Å²) in [6, 6.07) is 5.74. The minimum atomic E-state index is -0.323. The number of hydrogen-bond donors (Lipinski definition) is 1. The van der Waals surface area contributed by atoms with Crippen molar-refractivity contribution in [1.82, 2.24) is 10.2 Å². The van der Waals surface area contributed by atoms with E-state index in [1.165, 1.54) is 12.8 Å². The van der Waals surface area contributed by atoms with Crippen molar-refractivity contribution in [3.63, 3.8) is 0 Å². The maximum atomic E-state index is 13.6. The zero-order valence-electron chi connectivity index (χ0n) is 12.1. The Morgan fingerprint density at radius 2 is 2.15 bits per heavy atom. The maximum Gasteiger partial charge on any atom is 0.142 e. The number of rotatable bonds is 3. The zero-order valence-corrected chi connectivity index (χ0v) is 12.9. The molecule has 0 amide bonds. The van der Waals surface area contributed by atoms with E-state index in [0.717, 1.165) is 31.1 Å². The Morgan fingerprint density at radius 1 is 1.40 bits per heavy atom. The van der Waals surface area contributed by atoms with Crippen LogP contribution < -0.4 is 5.32 Å². The Kier molecular flexibility index (Phi) is 3.78. The summed E-state index contributed by atoms with van der Waals surface area (Å²) in [6.45, 7) is 7.31. The monoisotopic (exact) mass is 296 g/mol. The van der Waals surface area contributed by atoms with E-state index in [4.69, 9.17) is 11.6 Å². The van der Waals surface area contributed by atoms with Crippen molar-refractivity contribution in [3.05, 3.63) is 34.6 Å². The number of halogens is 2. The molecule has 1 aromatic carbocycles. The molecule has 1 saturated heterocycles. The lowest BCUT2D eigenvalue weighted by molar-refractivity contribution is 0.0533. The van der Waals surface area contributed by atoms with Crippen LogP contribution in [0, 0.1) is 11.7 Å². The first kappa shape index (κ1) is 14.3. The average Bonchev–Trinajstić information content (AvgIpc) is 3.20. The molecular weight excluding hydrogens is 275 g/mol. The Balaban J connectivity index is 1.73.